The number of carbonyl (C=O) groups is 1. The lowest BCUT2D eigenvalue weighted by atomic mass is 10.1. The van der Waals surface area contributed by atoms with Crippen LogP contribution in [0.25, 0.3) is 10.8 Å². The summed E-state index contributed by atoms with van der Waals surface area (Å²) >= 11 is 0. The second-order valence-electron chi connectivity index (χ2n) is 6.09. The average molecular weight is 355 g/mol. The Balaban J connectivity index is 1.70. The molecule has 1 fully saturated rings. The SMILES string of the molecule is Cn1nnnc1C1CN(C(=O)c2nn(C)c(=O)c3ccccc23)CCO1. The molecule has 1 aliphatic heterocycles. The van der Waals surface area contributed by atoms with Gasteiger partial charge in [-0.15, -0.1) is 5.10 Å². The lowest BCUT2D eigenvalue weighted by Gasteiger charge is -2.32. The van der Waals surface area contributed by atoms with Gasteiger partial charge in [-0.1, -0.05) is 18.2 Å². The molecule has 10 nitrogen and oxygen atoms in total. The van der Waals surface area contributed by atoms with Crippen LogP contribution in [-0.2, 0) is 18.8 Å². The van der Waals surface area contributed by atoms with Gasteiger partial charge in [-0.2, -0.15) is 5.10 Å². The van der Waals surface area contributed by atoms with Gasteiger partial charge in [0.15, 0.2) is 11.5 Å². The number of carbonyl (C=O) groups excluding carboxylic acids is 1. The number of tetrazole rings is 1. The Bertz CT molecular complexity index is 1040. The predicted molar refractivity (Wildman–Crippen MR) is 90.4 cm³/mol. The Morgan fingerprint density at radius 2 is 1.96 bits per heavy atom. The van der Waals surface area contributed by atoms with Crippen LogP contribution in [0.5, 0.6) is 0 Å². The molecule has 2 aromatic heterocycles. The fourth-order valence-corrected chi connectivity index (χ4v) is 3.11. The molecule has 0 aliphatic carbocycles. The topological polar surface area (TPSA) is 108 Å². The molecular formula is C16H17N7O3. The minimum Gasteiger partial charge on any atom is -0.366 e. The fraction of sp³-hybridized carbons (Fsp3) is 0.375. The Labute approximate surface area is 148 Å². The van der Waals surface area contributed by atoms with Gasteiger partial charge < -0.3 is 9.64 Å². The first-order chi connectivity index (χ1) is 12.6. The van der Waals surface area contributed by atoms with Gasteiger partial charge >= 0.3 is 0 Å². The van der Waals surface area contributed by atoms with E-state index in [1.165, 1.54) is 9.36 Å². The van der Waals surface area contributed by atoms with Crippen LogP contribution in [0, 0.1) is 0 Å². The van der Waals surface area contributed by atoms with Gasteiger partial charge in [-0.3, -0.25) is 9.59 Å². The summed E-state index contributed by atoms with van der Waals surface area (Å²) in [7, 11) is 3.26. The maximum Gasteiger partial charge on any atom is 0.275 e. The average Bonchev–Trinajstić information content (AvgIpc) is 3.10. The van der Waals surface area contributed by atoms with Gasteiger partial charge in [-0.05, 0) is 16.5 Å². The molecule has 0 radical (unpaired) electrons. The molecular weight excluding hydrogens is 338 g/mol. The van der Waals surface area contributed by atoms with E-state index in [4.69, 9.17) is 4.74 Å². The third kappa shape index (κ3) is 2.64. The molecule has 0 saturated carbocycles. The molecule has 3 aromatic rings. The quantitative estimate of drug-likeness (QED) is 0.619. The lowest BCUT2D eigenvalue weighted by Crippen LogP contribution is -2.43. The van der Waals surface area contributed by atoms with Gasteiger partial charge in [0.2, 0.25) is 0 Å². The van der Waals surface area contributed by atoms with E-state index in [0.29, 0.717) is 36.3 Å². The van der Waals surface area contributed by atoms with E-state index in [1.807, 2.05) is 0 Å². The molecule has 1 unspecified atom stereocenters. The molecule has 0 spiro atoms. The number of amides is 1. The number of rotatable bonds is 2. The summed E-state index contributed by atoms with van der Waals surface area (Å²) in [5, 5.41) is 16.6. The smallest absolute Gasteiger partial charge is 0.275 e. The Kier molecular flexibility index (Phi) is 3.96. The van der Waals surface area contributed by atoms with Crippen LogP contribution >= 0.6 is 0 Å². The standard InChI is InChI=1S/C16H17N7O3/c1-21-14(17-19-20-21)12-9-23(7-8-26-12)16(25)13-10-5-3-4-6-11(10)15(24)22(2)18-13/h3-6,12H,7-9H2,1-2H3. The summed E-state index contributed by atoms with van der Waals surface area (Å²) in [4.78, 5) is 27.0. The summed E-state index contributed by atoms with van der Waals surface area (Å²) in [5.74, 6) is 0.306. The van der Waals surface area contributed by atoms with Crippen LogP contribution < -0.4 is 5.56 Å². The van der Waals surface area contributed by atoms with Crippen LogP contribution in [0.2, 0.25) is 0 Å². The maximum absolute atomic E-state index is 13.1. The van der Waals surface area contributed by atoms with Crippen LogP contribution in [0.3, 0.4) is 0 Å². The van der Waals surface area contributed by atoms with Crippen molar-refractivity contribution >= 4 is 16.7 Å². The first kappa shape index (κ1) is 16.3. The molecule has 134 valence electrons. The minimum atomic E-state index is -0.411. The zero-order valence-corrected chi connectivity index (χ0v) is 14.4. The highest BCUT2D eigenvalue weighted by atomic mass is 16.5. The van der Waals surface area contributed by atoms with Gasteiger partial charge in [0.25, 0.3) is 11.5 Å². The number of aromatic nitrogens is 6. The second-order valence-corrected chi connectivity index (χ2v) is 6.09. The summed E-state index contributed by atoms with van der Waals surface area (Å²) in [6, 6.07) is 6.99. The highest BCUT2D eigenvalue weighted by Crippen LogP contribution is 2.22. The largest absolute Gasteiger partial charge is 0.366 e. The first-order valence-electron chi connectivity index (χ1n) is 8.15. The number of fused-ring (bicyclic) bond motifs is 1. The molecule has 1 aromatic carbocycles. The van der Waals surface area contributed by atoms with E-state index in [2.05, 4.69) is 20.6 Å². The van der Waals surface area contributed by atoms with E-state index >= 15 is 0 Å². The van der Waals surface area contributed by atoms with E-state index < -0.39 is 6.10 Å². The number of nitrogens with zero attached hydrogens (tertiary/aromatic N) is 7. The minimum absolute atomic E-state index is 0.234. The van der Waals surface area contributed by atoms with Gasteiger partial charge in [0.05, 0.1) is 18.5 Å². The van der Waals surface area contributed by atoms with E-state index in [-0.39, 0.29) is 17.2 Å². The van der Waals surface area contributed by atoms with Crippen molar-refractivity contribution in [1.29, 1.82) is 0 Å². The lowest BCUT2D eigenvalue weighted by molar-refractivity contribution is -0.0285. The van der Waals surface area contributed by atoms with Gasteiger partial charge in [0, 0.05) is 26.0 Å². The van der Waals surface area contributed by atoms with Crippen molar-refractivity contribution in [3.05, 3.63) is 46.1 Å². The number of benzene rings is 1. The summed E-state index contributed by atoms with van der Waals surface area (Å²) < 4.78 is 8.44. The Hall–Kier alpha value is -3.14. The van der Waals surface area contributed by atoms with Crippen LogP contribution in [-0.4, -0.2) is 60.5 Å². The highest BCUT2D eigenvalue weighted by Gasteiger charge is 2.31. The third-order valence-electron chi connectivity index (χ3n) is 4.45. The van der Waals surface area contributed by atoms with Crippen molar-refractivity contribution in [1.82, 2.24) is 34.9 Å². The molecule has 10 heteroatoms. The summed E-state index contributed by atoms with van der Waals surface area (Å²) in [6.45, 7) is 1.11. The second kappa shape index (κ2) is 6.30. The molecule has 1 amide bonds. The molecule has 1 atom stereocenters. The molecule has 26 heavy (non-hydrogen) atoms. The normalized spacial score (nSPS) is 17.6. The molecule has 4 rings (SSSR count). The molecule has 1 saturated heterocycles. The molecule has 1 aliphatic rings. The van der Waals surface area contributed by atoms with Crippen molar-refractivity contribution in [2.75, 3.05) is 19.7 Å². The number of hydrogen-bond acceptors (Lipinski definition) is 7. The molecule has 0 bridgehead atoms. The summed E-state index contributed by atoms with van der Waals surface area (Å²) in [5.41, 5.74) is 0.0154. The van der Waals surface area contributed by atoms with Gasteiger partial charge in [-0.25, -0.2) is 9.36 Å². The molecule has 3 heterocycles. The van der Waals surface area contributed by atoms with E-state index in [1.54, 1.807) is 43.3 Å². The van der Waals surface area contributed by atoms with Crippen molar-refractivity contribution in [2.45, 2.75) is 6.10 Å². The highest BCUT2D eigenvalue weighted by molar-refractivity contribution is 6.04. The summed E-state index contributed by atoms with van der Waals surface area (Å²) in [6.07, 6.45) is -0.411. The number of aryl methyl sites for hydroxylation is 2. The van der Waals surface area contributed by atoms with E-state index in [0.717, 1.165) is 0 Å². The Morgan fingerprint density at radius 1 is 1.19 bits per heavy atom. The monoisotopic (exact) mass is 355 g/mol. The zero-order chi connectivity index (χ0) is 18.3. The van der Waals surface area contributed by atoms with Crippen LogP contribution in [0.1, 0.15) is 22.4 Å². The van der Waals surface area contributed by atoms with Crippen molar-refractivity contribution in [2.24, 2.45) is 14.1 Å². The third-order valence-corrected chi connectivity index (χ3v) is 4.45. The number of ether oxygens (including phenoxy) is 1. The van der Waals surface area contributed by atoms with Crippen LogP contribution in [0.4, 0.5) is 0 Å². The first-order valence-corrected chi connectivity index (χ1v) is 8.15. The predicted octanol–water partition coefficient (Wildman–Crippen LogP) is -0.329. The fourth-order valence-electron chi connectivity index (χ4n) is 3.11. The number of morpholine rings is 1. The number of hydrogen-bond donors (Lipinski definition) is 0. The van der Waals surface area contributed by atoms with Gasteiger partial charge in [0.1, 0.15) is 6.10 Å². The van der Waals surface area contributed by atoms with Crippen molar-refractivity contribution in [3.63, 3.8) is 0 Å². The van der Waals surface area contributed by atoms with E-state index in [9.17, 15) is 9.59 Å². The van der Waals surface area contributed by atoms with Crippen molar-refractivity contribution in [3.8, 4) is 0 Å². The molecule has 0 N–H and O–H groups in total. The Morgan fingerprint density at radius 3 is 2.69 bits per heavy atom. The van der Waals surface area contributed by atoms with Crippen molar-refractivity contribution < 1.29 is 9.53 Å². The zero-order valence-electron chi connectivity index (χ0n) is 14.4. The maximum atomic E-state index is 13.1. The van der Waals surface area contributed by atoms with Crippen LogP contribution in [0.15, 0.2) is 29.1 Å².